The van der Waals surface area contributed by atoms with E-state index in [9.17, 15) is 22.2 Å². The Bertz CT molecular complexity index is 408. The van der Waals surface area contributed by atoms with Crippen LogP contribution >= 0.6 is 0 Å². The summed E-state index contributed by atoms with van der Waals surface area (Å²) in [5, 5.41) is 5.09. The van der Waals surface area contributed by atoms with E-state index in [1.807, 2.05) is 0 Å². The van der Waals surface area contributed by atoms with Crippen molar-refractivity contribution in [2.45, 2.75) is 37.2 Å². The largest absolute Gasteiger partial charge is 0.471 e. The van der Waals surface area contributed by atoms with Gasteiger partial charge in [0, 0.05) is 38.0 Å². The van der Waals surface area contributed by atoms with Crippen molar-refractivity contribution >= 4 is 16.8 Å². The Hall–Kier alpha value is -0.830. The molecule has 1 aliphatic carbocycles. The summed E-state index contributed by atoms with van der Waals surface area (Å²) >= 11 is 0. The van der Waals surface area contributed by atoms with E-state index in [1.54, 1.807) is 0 Å². The van der Waals surface area contributed by atoms with Crippen molar-refractivity contribution in [1.29, 1.82) is 0 Å². The summed E-state index contributed by atoms with van der Waals surface area (Å²) < 4.78 is 46.9. The molecule has 0 aromatic rings. The number of carbonyl (C=O) groups excluding carboxylic acids is 1. The number of hydrogen-bond donors (Lipinski definition) is 2. The minimum Gasteiger partial charge on any atom is -0.337 e. The van der Waals surface area contributed by atoms with Crippen LogP contribution in [-0.4, -0.2) is 58.6 Å². The van der Waals surface area contributed by atoms with Crippen molar-refractivity contribution in [1.82, 2.24) is 15.5 Å². The highest BCUT2D eigenvalue weighted by molar-refractivity contribution is 7.85. The maximum Gasteiger partial charge on any atom is 0.471 e. The molecule has 0 aromatic carbocycles. The quantitative estimate of drug-likeness (QED) is 0.768. The molecule has 1 atom stereocenters. The van der Waals surface area contributed by atoms with Crippen LogP contribution in [0.25, 0.3) is 0 Å². The lowest BCUT2D eigenvalue weighted by molar-refractivity contribution is -0.0384. The van der Waals surface area contributed by atoms with E-state index >= 15 is 0 Å². The lowest BCUT2D eigenvalue weighted by Crippen LogP contribution is -2.48. The van der Waals surface area contributed by atoms with Gasteiger partial charge in [-0.1, -0.05) is 0 Å². The molecule has 1 unspecified atom stereocenters. The SMILES string of the molecule is O=C(NCCS(=O)C(F)(F)F)NC1CCN(CC2CC2)CC1. The average molecular weight is 341 g/mol. The number of alkyl halides is 3. The summed E-state index contributed by atoms with van der Waals surface area (Å²) in [5.74, 6) is 0.235. The maximum absolute atomic E-state index is 12.0. The predicted molar refractivity (Wildman–Crippen MR) is 77.8 cm³/mol. The third-order valence-electron chi connectivity index (χ3n) is 3.97. The number of rotatable bonds is 6. The van der Waals surface area contributed by atoms with Gasteiger partial charge in [-0.2, -0.15) is 13.2 Å². The fourth-order valence-electron chi connectivity index (χ4n) is 2.53. The van der Waals surface area contributed by atoms with Gasteiger partial charge in [-0.3, -0.25) is 4.21 Å². The summed E-state index contributed by atoms with van der Waals surface area (Å²) in [5.41, 5.74) is -4.72. The lowest BCUT2D eigenvalue weighted by Gasteiger charge is -2.32. The molecule has 1 heterocycles. The standard InChI is InChI=1S/C13H22F3N3O2S/c14-13(15,16)22(21)8-5-17-12(20)18-11-3-6-19(7-4-11)9-10-1-2-10/h10-11H,1-9H2,(H2,17,18,20). The van der Waals surface area contributed by atoms with Crippen LogP contribution in [0.2, 0.25) is 0 Å². The van der Waals surface area contributed by atoms with Crippen molar-refractivity contribution in [3.05, 3.63) is 0 Å². The number of urea groups is 1. The van der Waals surface area contributed by atoms with Gasteiger partial charge in [0.15, 0.2) is 0 Å². The molecular weight excluding hydrogens is 319 g/mol. The number of carbonyl (C=O) groups is 1. The average Bonchev–Trinajstić information content (AvgIpc) is 3.24. The monoisotopic (exact) mass is 341 g/mol. The first-order valence-electron chi connectivity index (χ1n) is 7.56. The van der Waals surface area contributed by atoms with Crippen LogP contribution in [0.4, 0.5) is 18.0 Å². The number of nitrogens with zero attached hydrogens (tertiary/aromatic N) is 1. The minimum atomic E-state index is -4.72. The zero-order chi connectivity index (χ0) is 16.2. The minimum absolute atomic E-state index is 0.0589. The molecule has 2 N–H and O–H groups in total. The zero-order valence-corrected chi connectivity index (χ0v) is 13.1. The van der Waals surface area contributed by atoms with Gasteiger partial charge in [0.2, 0.25) is 0 Å². The van der Waals surface area contributed by atoms with Gasteiger partial charge >= 0.3 is 11.5 Å². The molecule has 22 heavy (non-hydrogen) atoms. The Morgan fingerprint density at radius 3 is 2.36 bits per heavy atom. The van der Waals surface area contributed by atoms with E-state index in [1.165, 1.54) is 12.8 Å². The third-order valence-corrected chi connectivity index (χ3v) is 5.06. The van der Waals surface area contributed by atoms with Gasteiger partial charge in [-0.25, -0.2) is 4.79 Å². The molecule has 2 rings (SSSR count). The summed E-state index contributed by atoms with van der Waals surface area (Å²) in [6.45, 7) is 2.78. The fourth-order valence-corrected chi connectivity index (χ4v) is 3.05. The van der Waals surface area contributed by atoms with E-state index in [0.29, 0.717) is 0 Å². The molecule has 2 aliphatic rings. The van der Waals surface area contributed by atoms with Gasteiger partial charge < -0.3 is 15.5 Å². The number of nitrogens with one attached hydrogen (secondary N) is 2. The van der Waals surface area contributed by atoms with E-state index in [0.717, 1.165) is 38.4 Å². The first-order valence-corrected chi connectivity index (χ1v) is 8.88. The van der Waals surface area contributed by atoms with Crippen molar-refractivity contribution < 1.29 is 22.2 Å². The van der Waals surface area contributed by atoms with Gasteiger partial charge in [0.05, 0.1) is 0 Å². The van der Waals surface area contributed by atoms with Crippen LogP contribution in [0.5, 0.6) is 0 Å². The van der Waals surface area contributed by atoms with Crippen LogP contribution in [0.1, 0.15) is 25.7 Å². The molecule has 1 saturated carbocycles. The summed E-state index contributed by atoms with van der Waals surface area (Å²) in [6, 6.07) is -0.427. The maximum atomic E-state index is 12.0. The Kier molecular flexibility index (Phi) is 6.08. The van der Waals surface area contributed by atoms with Gasteiger partial charge in [0.1, 0.15) is 10.8 Å². The van der Waals surface area contributed by atoms with Crippen LogP contribution in [0.3, 0.4) is 0 Å². The first kappa shape index (κ1) is 17.5. The number of piperidine rings is 1. The molecule has 128 valence electrons. The van der Waals surface area contributed by atoms with Crippen molar-refractivity contribution in [2.75, 3.05) is 31.9 Å². The Morgan fingerprint density at radius 1 is 1.18 bits per heavy atom. The highest BCUT2D eigenvalue weighted by Crippen LogP contribution is 2.30. The molecule has 0 aromatic heterocycles. The van der Waals surface area contributed by atoms with E-state index in [-0.39, 0.29) is 12.6 Å². The number of halogens is 3. The highest BCUT2D eigenvalue weighted by Gasteiger charge is 2.36. The Balaban J connectivity index is 1.56. The molecule has 9 heteroatoms. The normalized spacial score (nSPS) is 22.3. The third kappa shape index (κ3) is 6.12. The second-order valence-electron chi connectivity index (χ2n) is 5.91. The second-order valence-corrected chi connectivity index (χ2v) is 7.48. The number of likely N-dealkylation sites (tertiary alicyclic amines) is 1. The number of amides is 2. The Morgan fingerprint density at radius 2 is 1.82 bits per heavy atom. The molecule has 0 spiro atoms. The topological polar surface area (TPSA) is 61.4 Å². The zero-order valence-electron chi connectivity index (χ0n) is 12.3. The summed E-state index contributed by atoms with van der Waals surface area (Å²) in [6.07, 6.45) is 4.35. The Labute approximate surface area is 130 Å². The summed E-state index contributed by atoms with van der Waals surface area (Å²) in [4.78, 5) is 14.0. The molecule has 5 nitrogen and oxygen atoms in total. The van der Waals surface area contributed by atoms with Crippen molar-refractivity contribution in [2.24, 2.45) is 5.92 Å². The van der Waals surface area contributed by atoms with E-state index in [2.05, 4.69) is 15.5 Å². The van der Waals surface area contributed by atoms with Crippen LogP contribution in [-0.2, 0) is 10.8 Å². The molecule has 1 saturated heterocycles. The smallest absolute Gasteiger partial charge is 0.337 e. The molecule has 0 radical (unpaired) electrons. The van der Waals surface area contributed by atoms with Crippen molar-refractivity contribution in [3.8, 4) is 0 Å². The van der Waals surface area contributed by atoms with Gasteiger partial charge in [-0.15, -0.1) is 0 Å². The molecular formula is C13H22F3N3O2S. The van der Waals surface area contributed by atoms with E-state index in [4.69, 9.17) is 0 Å². The first-order chi connectivity index (χ1) is 10.3. The fraction of sp³-hybridized carbons (Fsp3) is 0.923. The summed E-state index contributed by atoms with van der Waals surface area (Å²) in [7, 11) is -2.91. The molecule has 2 fully saturated rings. The predicted octanol–water partition coefficient (Wildman–Crippen LogP) is 1.43. The molecule has 2 amide bonds. The van der Waals surface area contributed by atoms with Crippen LogP contribution < -0.4 is 10.6 Å². The highest BCUT2D eigenvalue weighted by atomic mass is 32.2. The van der Waals surface area contributed by atoms with Crippen LogP contribution in [0.15, 0.2) is 0 Å². The van der Waals surface area contributed by atoms with Gasteiger partial charge in [0.25, 0.3) is 0 Å². The number of hydrogen-bond acceptors (Lipinski definition) is 3. The van der Waals surface area contributed by atoms with Crippen molar-refractivity contribution in [3.63, 3.8) is 0 Å². The van der Waals surface area contributed by atoms with Gasteiger partial charge in [-0.05, 0) is 31.6 Å². The van der Waals surface area contributed by atoms with E-state index < -0.39 is 28.1 Å². The van der Waals surface area contributed by atoms with Crippen LogP contribution in [0, 0.1) is 5.92 Å². The second kappa shape index (κ2) is 7.63. The molecule has 0 bridgehead atoms. The lowest BCUT2D eigenvalue weighted by atomic mass is 10.1. The molecule has 1 aliphatic heterocycles.